The van der Waals surface area contributed by atoms with E-state index in [1.807, 2.05) is 28.0 Å². The minimum atomic E-state index is -0.559. The van der Waals surface area contributed by atoms with Crippen molar-refractivity contribution in [3.8, 4) is 0 Å². The van der Waals surface area contributed by atoms with E-state index in [4.69, 9.17) is 10.4 Å². The number of carbonyl (C=O) groups is 4. The molecule has 5 unspecified atom stereocenters. The molecular formula is C41H58N8O6. The number of nitrogens with zero attached hydrogens (tertiary/aromatic N) is 4. The maximum Gasteiger partial charge on any atom is 0.248 e. The Morgan fingerprint density at radius 2 is 1.25 bits per heavy atom. The zero-order valence-electron chi connectivity index (χ0n) is 32.2. The minimum Gasteiger partial charge on any atom is -0.370 e. The highest BCUT2D eigenvalue weighted by molar-refractivity contribution is 5.91. The molecule has 6 N–H and O–H groups in total. The van der Waals surface area contributed by atoms with Gasteiger partial charge in [0.1, 0.15) is 0 Å². The summed E-state index contributed by atoms with van der Waals surface area (Å²) in [6, 6.07) is 17.8. The topological polar surface area (TPSA) is 170 Å². The van der Waals surface area contributed by atoms with Crippen LogP contribution in [0.4, 0.5) is 11.4 Å². The third-order valence-corrected chi connectivity index (χ3v) is 13.0. The van der Waals surface area contributed by atoms with Crippen LogP contribution in [0.25, 0.3) is 0 Å². The molecule has 2 aromatic rings. The van der Waals surface area contributed by atoms with Crippen molar-refractivity contribution in [3.63, 3.8) is 0 Å². The number of carbonyl (C=O) groups excluding carboxylic acids is 4. The maximum absolute atomic E-state index is 13.2. The Balaban J connectivity index is 0.000000169. The van der Waals surface area contributed by atoms with Gasteiger partial charge >= 0.3 is 0 Å². The van der Waals surface area contributed by atoms with E-state index < -0.39 is 35.7 Å². The molecule has 14 heteroatoms. The molecule has 298 valence electrons. The van der Waals surface area contributed by atoms with Crippen LogP contribution in [0.5, 0.6) is 0 Å². The number of para-hydroxylation sites is 1. The molecule has 4 saturated heterocycles. The fraction of sp³-hybridized carbons (Fsp3) is 0.610. The quantitative estimate of drug-likeness (QED) is 0.190. The van der Waals surface area contributed by atoms with Crippen molar-refractivity contribution in [3.05, 3.63) is 60.2 Å². The Morgan fingerprint density at radius 3 is 1.80 bits per heavy atom. The average molecular weight is 759 g/mol. The summed E-state index contributed by atoms with van der Waals surface area (Å²) < 4.78 is 0. The Bertz CT molecular complexity index is 1700. The second-order valence-corrected chi connectivity index (χ2v) is 17.0. The number of hydroxylamine groups is 2. The molecule has 4 heterocycles. The molecule has 6 aliphatic rings. The summed E-state index contributed by atoms with van der Waals surface area (Å²) in [7, 11) is 0. The van der Waals surface area contributed by atoms with Gasteiger partial charge in [-0.25, -0.2) is 11.0 Å². The van der Waals surface area contributed by atoms with Crippen LogP contribution >= 0.6 is 0 Å². The number of hydrogen-bond donors (Lipinski definition) is 6. The van der Waals surface area contributed by atoms with Crippen LogP contribution in [0.2, 0.25) is 0 Å². The number of rotatable bonds is 6. The highest BCUT2D eigenvalue weighted by Gasteiger charge is 2.54. The van der Waals surface area contributed by atoms with Gasteiger partial charge < -0.3 is 30.2 Å². The fourth-order valence-electron chi connectivity index (χ4n) is 9.31. The first-order valence-electron chi connectivity index (χ1n) is 20.1. The summed E-state index contributed by atoms with van der Waals surface area (Å²) in [5.41, 5.74) is 7.42. The van der Waals surface area contributed by atoms with Crippen molar-refractivity contribution in [2.24, 2.45) is 22.7 Å². The predicted molar refractivity (Wildman–Crippen MR) is 207 cm³/mol. The summed E-state index contributed by atoms with van der Waals surface area (Å²) in [5, 5.41) is 24.9. The molecule has 5 atom stereocenters. The number of nitrogens with one attached hydrogen (secondary N) is 4. The van der Waals surface area contributed by atoms with Gasteiger partial charge in [0.25, 0.3) is 0 Å². The molecule has 4 amide bonds. The lowest BCUT2D eigenvalue weighted by Crippen LogP contribution is -2.62. The van der Waals surface area contributed by atoms with Gasteiger partial charge in [0.15, 0.2) is 0 Å². The van der Waals surface area contributed by atoms with E-state index in [9.17, 15) is 19.2 Å². The van der Waals surface area contributed by atoms with Gasteiger partial charge in [-0.3, -0.25) is 29.6 Å². The van der Waals surface area contributed by atoms with E-state index in [1.54, 1.807) is 11.0 Å². The molecule has 2 spiro atoms. The summed E-state index contributed by atoms with van der Waals surface area (Å²) in [6.07, 6.45) is 6.59. The third kappa shape index (κ3) is 8.77. The van der Waals surface area contributed by atoms with Gasteiger partial charge in [-0.05, 0) is 99.5 Å². The molecule has 6 fully saturated rings. The molecule has 0 aromatic heterocycles. The van der Waals surface area contributed by atoms with Gasteiger partial charge in [0, 0.05) is 76.3 Å². The maximum atomic E-state index is 13.2. The largest absolute Gasteiger partial charge is 0.370 e. The van der Waals surface area contributed by atoms with Crippen molar-refractivity contribution >= 4 is 35.0 Å². The fourth-order valence-corrected chi connectivity index (χ4v) is 9.31. The molecule has 2 aromatic carbocycles. The van der Waals surface area contributed by atoms with Crippen LogP contribution in [-0.2, 0) is 19.2 Å². The van der Waals surface area contributed by atoms with E-state index >= 15 is 0 Å². The lowest BCUT2D eigenvalue weighted by Gasteiger charge is -2.44. The SMILES string of the molecule is Cc1cccc(N2CCN(C(=O)C3NCC4(CC4)CC3C(=O)NO)CC2C)c1.O=C(NO)C1CC2(CC2)CNC1C(=O)N1CCCN(c2ccccc2)CC1. The average Bonchev–Trinajstić information content (AvgIpc) is 4.15. The highest BCUT2D eigenvalue weighted by Crippen LogP contribution is 2.53. The summed E-state index contributed by atoms with van der Waals surface area (Å²) in [6.45, 7) is 10.8. The minimum absolute atomic E-state index is 0.0194. The van der Waals surface area contributed by atoms with Crippen molar-refractivity contribution in [1.82, 2.24) is 31.4 Å². The van der Waals surface area contributed by atoms with Crippen molar-refractivity contribution < 1.29 is 29.6 Å². The molecule has 2 saturated carbocycles. The third-order valence-electron chi connectivity index (χ3n) is 13.0. The van der Waals surface area contributed by atoms with Crippen LogP contribution in [0.3, 0.4) is 0 Å². The smallest absolute Gasteiger partial charge is 0.248 e. The van der Waals surface area contributed by atoms with Gasteiger partial charge in [0.2, 0.25) is 23.6 Å². The van der Waals surface area contributed by atoms with E-state index in [0.29, 0.717) is 39.0 Å². The lowest BCUT2D eigenvalue weighted by atomic mass is 9.81. The zero-order valence-corrected chi connectivity index (χ0v) is 32.2. The van der Waals surface area contributed by atoms with Crippen molar-refractivity contribution in [2.45, 2.75) is 76.9 Å². The highest BCUT2D eigenvalue weighted by atomic mass is 16.5. The second kappa shape index (κ2) is 16.5. The van der Waals surface area contributed by atoms with E-state index in [2.05, 4.69) is 70.7 Å². The van der Waals surface area contributed by atoms with Gasteiger partial charge in [-0.2, -0.15) is 0 Å². The van der Waals surface area contributed by atoms with Gasteiger partial charge in [0.05, 0.1) is 23.9 Å². The number of piperazine rings is 1. The molecule has 2 aliphatic carbocycles. The number of aryl methyl sites for hydroxylation is 1. The molecule has 14 nitrogen and oxygen atoms in total. The van der Waals surface area contributed by atoms with Crippen LogP contribution in [0.15, 0.2) is 54.6 Å². The predicted octanol–water partition coefficient (Wildman–Crippen LogP) is 2.28. The zero-order chi connectivity index (χ0) is 38.7. The lowest BCUT2D eigenvalue weighted by molar-refractivity contribution is -0.145. The standard InChI is InChI=1S/C21H30N4O3.C20H28N4O3/c1-14-4-3-5-16(10-14)25-9-8-24(12-15(25)2)20(27)18-17(19(26)23-28)11-21(6-7-21)13-22-18;25-18(22-27)16-13-20(7-8-20)14-21-17(16)19(26)24-10-4-9-23(11-12-24)15-5-2-1-3-6-15/h3-5,10,15,17-18,22,28H,6-9,11-13H2,1-2H3,(H,23,26);1-3,5-6,16-17,21,27H,4,7-14H2,(H,22,25). The van der Waals surface area contributed by atoms with Crippen LogP contribution in [0, 0.1) is 29.6 Å². The Labute approximate surface area is 323 Å². The van der Waals surface area contributed by atoms with Gasteiger partial charge in [-0.1, -0.05) is 30.3 Å². The molecule has 8 rings (SSSR count). The number of amides is 4. The second-order valence-electron chi connectivity index (χ2n) is 17.0. The molecule has 55 heavy (non-hydrogen) atoms. The monoisotopic (exact) mass is 758 g/mol. The molecule has 4 aliphatic heterocycles. The van der Waals surface area contributed by atoms with E-state index in [1.165, 1.54) is 16.9 Å². The normalized spacial score (nSPS) is 28.0. The first-order valence-corrected chi connectivity index (χ1v) is 20.1. The molecule has 0 radical (unpaired) electrons. The summed E-state index contributed by atoms with van der Waals surface area (Å²) in [4.78, 5) is 59.3. The Morgan fingerprint density at radius 1 is 0.691 bits per heavy atom. The summed E-state index contributed by atoms with van der Waals surface area (Å²) in [5.74, 6) is -1.98. The Kier molecular flexibility index (Phi) is 11.7. The van der Waals surface area contributed by atoms with Crippen molar-refractivity contribution in [1.29, 1.82) is 0 Å². The molecular weight excluding hydrogens is 701 g/mol. The number of anilines is 2. The molecule has 0 bridgehead atoms. The van der Waals surface area contributed by atoms with Crippen molar-refractivity contribution in [2.75, 3.05) is 68.7 Å². The first kappa shape index (κ1) is 39.0. The summed E-state index contributed by atoms with van der Waals surface area (Å²) >= 11 is 0. The van der Waals surface area contributed by atoms with Gasteiger partial charge in [-0.15, -0.1) is 0 Å². The first-order chi connectivity index (χ1) is 26.5. The number of hydrogen-bond acceptors (Lipinski definition) is 10. The van der Waals surface area contributed by atoms with Crippen LogP contribution < -0.4 is 31.4 Å². The Hall–Kier alpha value is -4.24. The van der Waals surface area contributed by atoms with Crippen LogP contribution in [-0.4, -0.2) is 121 Å². The van der Waals surface area contributed by atoms with Crippen LogP contribution in [0.1, 0.15) is 57.4 Å². The van der Waals surface area contributed by atoms with E-state index in [-0.39, 0.29) is 28.7 Å². The van der Waals surface area contributed by atoms with E-state index in [0.717, 1.165) is 64.8 Å². The number of piperidine rings is 2. The number of benzene rings is 2.